The molecular formula is C16H9ClF6N2O5S2. The van der Waals surface area contributed by atoms with Crippen molar-refractivity contribution >= 4 is 56.0 Å². The van der Waals surface area contributed by atoms with Crippen LogP contribution in [0, 0.1) is 0 Å². The summed E-state index contributed by atoms with van der Waals surface area (Å²) >= 11 is 5.64. The van der Waals surface area contributed by atoms with Crippen LogP contribution in [-0.4, -0.2) is 31.2 Å². The largest absolute Gasteiger partial charge is 0.534 e. The average molecular weight is 523 g/mol. The molecule has 174 valence electrons. The molecule has 16 heteroatoms. The molecule has 0 saturated heterocycles. The zero-order valence-corrected chi connectivity index (χ0v) is 17.4. The van der Waals surface area contributed by atoms with Gasteiger partial charge in [-0.05, 0) is 54.2 Å². The van der Waals surface area contributed by atoms with Crippen LogP contribution in [0.2, 0.25) is 5.02 Å². The number of amides is 2. The monoisotopic (exact) mass is 522 g/mol. The van der Waals surface area contributed by atoms with E-state index in [1.807, 2.05) is 0 Å². The molecule has 0 bridgehead atoms. The zero-order chi connectivity index (χ0) is 24.3. The van der Waals surface area contributed by atoms with E-state index in [2.05, 4.69) is 14.8 Å². The number of carbonyl (C=O) groups is 2. The molecule has 0 fully saturated rings. The van der Waals surface area contributed by atoms with Crippen LogP contribution >= 0.6 is 23.4 Å². The summed E-state index contributed by atoms with van der Waals surface area (Å²) in [5.41, 5.74) is -5.58. The maximum atomic E-state index is 12.4. The number of urea groups is 1. The normalized spacial score (nSPS) is 12.2. The number of carbonyl (C=O) groups excluding carboxylic acids is 2. The second-order valence-electron chi connectivity index (χ2n) is 5.62. The minimum Gasteiger partial charge on any atom is -0.374 e. The first-order chi connectivity index (χ1) is 14.6. The third-order valence-corrected chi connectivity index (χ3v) is 5.41. The second-order valence-corrected chi connectivity index (χ2v) is 8.61. The van der Waals surface area contributed by atoms with Crippen LogP contribution in [0.15, 0.2) is 47.4 Å². The van der Waals surface area contributed by atoms with E-state index in [-0.39, 0.29) is 28.0 Å². The lowest BCUT2D eigenvalue weighted by Crippen LogP contribution is -2.28. The maximum absolute atomic E-state index is 12.4. The summed E-state index contributed by atoms with van der Waals surface area (Å²) in [6, 6.07) is 6.60. The van der Waals surface area contributed by atoms with E-state index >= 15 is 0 Å². The first-order valence-corrected chi connectivity index (χ1v) is 10.5. The molecule has 2 rings (SSSR count). The van der Waals surface area contributed by atoms with Crippen molar-refractivity contribution in [3.05, 3.63) is 47.5 Å². The molecule has 0 atom stereocenters. The zero-order valence-electron chi connectivity index (χ0n) is 15.0. The SMILES string of the molecule is O=C(Nc1ccc(SC(=O)C(F)(F)F)cc1)Nc1ccc(OS(=O)(=O)C(F)(F)F)c(Cl)c1. The number of thioether (sulfide) groups is 1. The van der Waals surface area contributed by atoms with Gasteiger partial charge in [-0.1, -0.05) is 11.6 Å². The molecule has 7 nitrogen and oxygen atoms in total. The molecule has 0 aliphatic heterocycles. The molecule has 0 heterocycles. The Balaban J connectivity index is 2.00. The lowest BCUT2D eigenvalue weighted by molar-refractivity contribution is -0.160. The standard InChI is InChI=1S/C16H9ClF6N2O5S2/c17-11-7-9(3-6-12(11)30-32(28,29)16(21,22)23)25-14(27)24-8-1-4-10(5-2-8)31-13(26)15(18,19)20/h1-7H,(H2,24,25,27). The molecule has 0 aliphatic rings. The Morgan fingerprint density at radius 2 is 1.44 bits per heavy atom. The van der Waals surface area contributed by atoms with Crippen molar-refractivity contribution < 1.29 is 48.5 Å². The van der Waals surface area contributed by atoms with E-state index in [9.17, 15) is 44.3 Å². The van der Waals surface area contributed by atoms with Crippen molar-refractivity contribution in [3.8, 4) is 5.75 Å². The van der Waals surface area contributed by atoms with Crippen molar-refractivity contribution in [2.24, 2.45) is 0 Å². The highest BCUT2D eigenvalue weighted by atomic mass is 35.5. The van der Waals surface area contributed by atoms with Crippen LogP contribution in [0.5, 0.6) is 5.75 Å². The smallest absolute Gasteiger partial charge is 0.374 e. The van der Waals surface area contributed by atoms with Gasteiger partial charge in [-0.25, -0.2) is 4.79 Å². The molecule has 0 unspecified atom stereocenters. The van der Waals surface area contributed by atoms with E-state index < -0.39 is 43.7 Å². The number of hydrogen-bond donors (Lipinski definition) is 2. The van der Waals surface area contributed by atoms with E-state index in [4.69, 9.17) is 11.6 Å². The Morgan fingerprint density at radius 1 is 0.906 bits per heavy atom. The van der Waals surface area contributed by atoms with Gasteiger partial charge in [0.2, 0.25) is 0 Å². The van der Waals surface area contributed by atoms with Crippen molar-refractivity contribution in [2.45, 2.75) is 16.6 Å². The highest BCUT2D eigenvalue weighted by Gasteiger charge is 2.48. The predicted octanol–water partition coefficient (Wildman–Crippen LogP) is 5.39. The predicted molar refractivity (Wildman–Crippen MR) is 103 cm³/mol. The van der Waals surface area contributed by atoms with Crippen LogP contribution in [0.25, 0.3) is 0 Å². The first kappa shape index (κ1) is 25.6. The van der Waals surface area contributed by atoms with Gasteiger partial charge in [-0.15, -0.1) is 0 Å². The first-order valence-electron chi connectivity index (χ1n) is 7.86. The van der Waals surface area contributed by atoms with Gasteiger partial charge in [0.25, 0.3) is 5.12 Å². The molecule has 0 aromatic heterocycles. The van der Waals surface area contributed by atoms with Gasteiger partial charge in [-0.3, -0.25) is 4.79 Å². The quantitative estimate of drug-likeness (QED) is 0.236. The molecule has 2 aromatic carbocycles. The minimum absolute atomic E-state index is 0.0190. The van der Waals surface area contributed by atoms with Gasteiger partial charge < -0.3 is 14.8 Å². The number of benzene rings is 2. The lowest BCUT2D eigenvalue weighted by atomic mass is 10.3. The molecule has 0 radical (unpaired) electrons. The van der Waals surface area contributed by atoms with Crippen molar-refractivity contribution in [2.75, 3.05) is 10.6 Å². The van der Waals surface area contributed by atoms with Crippen molar-refractivity contribution in [1.29, 1.82) is 0 Å². The van der Waals surface area contributed by atoms with Crippen LogP contribution in [0.4, 0.5) is 42.5 Å². The summed E-state index contributed by atoms with van der Waals surface area (Å²) in [7, 11) is -5.94. The molecule has 0 spiro atoms. The topological polar surface area (TPSA) is 102 Å². The Labute approximate surface area is 185 Å². The van der Waals surface area contributed by atoms with Gasteiger partial charge >= 0.3 is 27.8 Å². The van der Waals surface area contributed by atoms with E-state index in [0.29, 0.717) is 0 Å². The number of anilines is 2. The molecule has 2 aromatic rings. The summed E-state index contributed by atoms with van der Waals surface area (Å²) < 4.78 is 99.7. The average Bonchev–Trinajstić information content (AvgIpc) is 2.63. The molecular weight excluding hydrogens is 514 g/mol. The van der Waals surface area contributed by atoms with E-state index in [1.165, 1.54) is 12.1 Å². The second kappa shape index (κ2) is 9.46. The fourth-order valence-electron chi connectivity index (χ4n) is 1.88. The molecule has 2 N–H and O–H groups in total. The number of nitrogens with one attached hydrogen (secondary N) is 2. The Hall–Kier alpha value is -2.65. The fourth-order valence-corrected chi connectivity index (χ4v) is 3.22. The van der Waals surface area contributed by atoms with E-state index in [0.717, 1.165) is 30.3 Å². The molecule has 0 aliphatic carbocycles. The van der Waals surface area contributed by atoms with Crippen LogP contribution < -0.4 is 14.8 Å². The van der Waals surface area contributed by atoms with Crippen molar-refractivity contribution in [1.82, 2.24) is 0 Å². The third-order valence-electron chi connectivity index (χ3n) is 3.23. The molecule has 2 amide bonds. The summed E-state index contributed by atoms with van der Waals surface area (Å²) in [4.78, 5) is 22.9. The van der Waals surface area contributed by atoms with Crippen molar-refractivity contribution in [3.63, 3.8) is 0 Å². The summed E-state index contributed by atoms with van der Waals surface area (Å²) in [6.07, 6.45) is -5.00. The number of alkyl halides is 6. The van der Waals surface area contributed by atoms with Crippen LogP contribution in [0.3, 0.4) is 0 Å². The summed E-state index contributed by atoms with van der Waals surface area (Å²) in [5, 5.41) is 2.00. The van der Waals surface area contributed by atoms with Gasteiger partial charge in [0.05, 0.1) is 5.02 Å². The van der Waals surface area contributed by atoms with Crippen LogP contribution in [0.1, 0.15) is 0 Å². The highest BCUT2D eigenvalue weighted by Crippen LogP contribution is 2.33. The molecule has 32 heavy (non-hydrogen) atoms. The Kier molecular flexibility index (Phi) is 7.57. The Morgan fingerprint density at radius 3 is 1.94 bits per heavy atom. The van der Waals surface area contributed by atoms with Gasteiger partial charge in [0.15, 0.2) is 5.75 Å². The minimum atomic E-state index is -5.94. The number of hydrogen-bond acceptors (Lipinski definition) is 6. The highest BCUT2D eigenvalue weighted by molar-refractivity contribution is 8.13. The summed E-state index contributed by atoms with van der Waals surface area (Å²) in [5.74, 6) is -0.823. The summed E-state index contributed by atoms with van der Waals surface area (Å²) in [6.45, 7) is 0. The van der Waals surface area contributed by atoms with Gasteiger partial charge in [-0.2, -0.15) is 34.8 Å². The maximum Gasteiger partial charge on any atom is 0.534 e. The third kappa shape index (κ3) is 6.93. The Bertz CT molecular complexity index is 1120. The lowest BCUT2D eigenvalue weighted by Gasteiger charge is -2.12. The fraction of sp³-hybridized carbons (Fsp3) is 0.125. The van der Waals surface area contributed by atoms with Gasteiger partial charge in [0.1, 0.15) is 0 Å². The number of halogens is 7. The van der Waals surface area contributed by atoms with Crippen LogP contribution in [-0.2, 0) is 14.9 Å². The number of rotatable bonds is 5. The van der Waals surface area contributed by atoms with Gasteiger partial charge in [0, 0.05) is 16.3 Å². The van der Waals surface area contributed by atoms with E-state index in [1.54, 1.807) is 0 Å². The molecule has 0 saturated carbocycles.